The van der Waals surface area contributed by atoms with Gasteiger partial charge < -0.3 is 10.1 Å². The first-order valence-electron chi connectivity index (χ1n) is 8.31. The average molecular weight is 339 g/mol. The molecule has 0 radical (unpaired) electrons. The van der Waals surface area contributed by atoms with E-state index in [-0.39, 0.29) is 17.9 Å². The second-order valence-electron chi connectivity index (χ2n) is 7.27. The summed E-state index contributed by atoms with van der Waals surface area (Å²) in [5.74, 6) is -0.857. The van der Waals surface area contributed by atoms with Gasteiger partial charge in [-0.3, -0.25) is 4.79 Å². The van der Waals surface area contributed by atoms with E-state index >= 15 is 0 Å². The van der Waals surface area contributed by atoms with Gasteiger partial charge in [0.05, 0.1) is 5.56 Å². The van der Waals surface area contributed by atoms with E-state index in [9.17, 15) is 9.59 Å². The molecule has 1 N–H and O–H groups in total. The highest BCUT2D eigenvalue weighted by Crippen LogP contribution is 2.22. The molecule has 2 aromatic carbocycles. The number of carbonyl (C=O) groups is 2. The van der Waals surface area contributed by atoms with Crippen molar-refractivity contribution >= 4 is 17.6 Å². The van der Waals surface area contributed by atoms with Crippen molar-refractivity contribution in [2.45, 2.75) is 40.0 Å². The van der Waals surface area contributed by atoms with E-state index < -0.39 is 5.97 Å². The summed E-state index contributed by atoms with van der Waals surface area (Å²) < 4.78 is 5.11. The minimum absolute atomic E-state index is 0.0218. The molecule has 0 saturated heterocycles. The maximum absolute atomic E-state index is 12.1. The number of aryl methyl sites for hydroxylation is 2. The molecule has 0 heterocycles. The minimum atomic E-state index is -0.503. The zero-order valence-corrected chi connectivity index (χ0v) is 15.5. The number of esters is 1. The van der Waals surface area contributed by atoms with Gasteiger partial charge in [0.1, 0.15) is 0 Å². The molecule has 0 spiro atoms. The van der Waals surface area contributed by atoms with Crippen molar-refractivity contribution in [3.63, 3.8) is 0 Å². The number of hydrogen-bond acceptors (Lipinski definition) is 3. The Hall–Kier alpha value is -2.62. The second-order valence-corrected chi connectivity index (χ2v) is 7.27. The standard InChI is InChI=1S/C21H25NO3/c1-14-6-7-15(2)18(12-14)22-19(23)13-25-20(24)16-8-10-17(11-9-16)21(3,4)5/h6-12H,13H2,1-5H3,(H,22,23). The van der Waals surface area contributed by atoms with E-state index in [0.717, 1.165) is 22.4 Å². The summed E-state index contributed by atoms with van der Waals surface area (Å²) in [6, 6.07) is 13.1. The Morgan fingerprint density at radius 1 is 1.00 bits per heavy atom. The van der Waals surface area contributed by atoms with Crippen LogP contribution in [0.4, 0.5) is 5.69 Å². The lowest BCUT2D eigenvalue weighted by Gasteiger charge is -2.18. The summed E-state index contributed by atoms with van der Waals surface area (Å²) in [7, 11) is 0. The Morgan fingerprint density at radius 2 is 1.64 bits per heavy atom. The van der Waals surface area contributed by atoms with Crippen LogP contribution in [0.1, 0.15) is 47.8 Å². The van der Waals surface area contributed by atoms with Gasteiger partial charge in [-0.15, -0.1) is 0 Å². The number of amides is 1. The molecule has 2 rings (SSSR count). The van der Waals surface area contributed by atoms with Crippen molar-refractivity contribution in [3.8, 4) is 0 Å². The number of anilines is 1. The van der Waals surface area contributed by atoms with Crippen LogP contribution in [-0.2, 0) is 14.9 Å². The van der Waals surface area contributed by atoms with Crippen molar-refractivity contribution in [3.05, 3.63) is 64.7 Å². The van der Waals surface area contributed by atoms with E-state index in [0.29, 0.717) is 5.56 Å². The first-order chi connectivity index (χ1) is 11.7. The van der Waals surface area contributed by atoms with E-state index in [4.69, 9.17) is 4.74 Å². The number of ether oxygens (including phenoxy) is 1. The summed E-state index contributed by atoms with van der Waals surface area (Å²) in [5, 5.41) is 2.77. The van der Waals surface area contributed by atoms with Crippen LogP contribution in [0.5, 0.6) is 0 Å². The summed E-state index contributed by atoms with van der Waals surface area (Å²) in [5.41, 5.74) is 4.34. The average Bonchev–Trinajstić information content (AvgIpc) is 2.55. The summed E-state index contributed by atoms with van der Waals surface area (Å²) in [4.78, 5) is 24.1. The number of carbonyl (C=O) groups excluding carboxylic acids is 2. The molecule has 0 aliphatic rings. The molecule has 0 fully saturated rings. The van der Waals surface area contributed by atoms with Gasteiger partial charge in [0.15, 0.2) is 6.61 Å². The van der Waals surface area contributed by atoms with Crippen molar-refractivity contribution in [2.75, 3.05) is 11.9 Å². The van der Waals surface area contributed by atoms with Gasteiger partial charge in [0, 0.05) is 5.69 Å². The highest BCUT2D eigenvalue weighted by atomic mass is 16.5. The molecule has 0 atom stereocenters. The smallest absolute Gasteiger partial charge is 0.338 e. The molecule has 2 aromatic rings. The molecule has 4 heteroatoms. The highest BCUT2D eigenvalue weighted by Gasteiger charge is 2.15. The molecule has 0 unspecified atom stereocenters. The SMILES string of the molecule is Cc1ccc(C)c(NC(=O)COC(=O)c2ccc(C(C)(C)C)cc2)c1. The molecule has 0 saturated carbocycles. The monoisotopic (exact) mass is 339 g/mol. The fourth-order valence-corrected chi connectivity index (χ4v) is 2.38. The van der Waals surface area contributed by atoms with Crippen LogP contribution in [0.2, 0.25) is 0 Å². The number of nitrogens with one attached hydrogen (secondary N) is 1. The molecular formula is C21H25NO3. The fourth-order valence-electron chi connectivity index (χ4n) is 2.38. The molecule has 132 valence electrons. The fraction of sp³-hybridized carbons (Fsp3) is 0.333. The summed E-state index contributed by atoms with van der Waals surface area (Å²) in [6.45, 7) is 9.88. The minimum Gasteiger partial charge on any atom is -0.452 e. The Labute approximate surface area is 149 Å². The van der Waals surface area contributed by atoms with Crippen LogP contribution >= 0.6 is 0 Å². The predicted molar refractivity (Wildman–Crippen MR) is 100.0 cm³/mol. The Morgan fingerprint density at radius 3 is 2.24 bits per heavy atom. The topological polar surface area (TPSA) is 55.4 Å². The van der Waals surface area contributed by atoms with Crippen LogP contribution in [0.15, 0.2) is 42.5 Å². The van der Waals surface area contributed by atoms with E-state index in [2.05, 4.69) is 26.1 Å². The Balaban J connectivity index is 1.93. The summed E-state index contributed by atoms with van der Waals surface area (Å²) >= 11 is 0. The van der Waals surface area contributed by atoms with Gasteiger partial charge in [-0.2, -0.15) is 0 Å². The third-order valence-electron chi connectivity index (χ3n) is 3.99. The first kappa shape index (κ1) is 18.7. The van der Waals surface area contributed by atoms with Crippen molar-refractivity contribution in [1.82, 2.24) is 0 Å². The predicted octanol–water partition coefficient (Wildman–Crippen LogP) is 4.40. The maximum Gasteiger partial charge on any atom is 0.338 e. The normalized spacial score (nSPS) is 11.1. The second kappa shape index (κ2) is 7.51. The molecule has 1 amide bonds. The van der Waals surface area contributed by atoms with Gasteiger partial charge in [0.25, 0.3) is 5.91 Å². The Bertz CT molecular complexity index is 771. The molecule has 4 nitrogen and oxygen atoms in total. The molecule has 0 aliphatic heterocycles. The third-order valence-corrected chi connectivity index (χ3v) is 3.99. The quantitative estimate of drug-likeness (QED) is 0.840. The lowest BCUT2D eigenvalue weighted by Crippen LogP contribution is -2.21. The van der Waals surface area contributed by atoms with Gasteiger partial charge >= 0.3 is 5.97 Å². The van der Waals surface area contributed by atoms with Gasteiger partial charge in [0.2, 0.25) is 0 Å². The van der Waals surface area contributed by atoms with Crippen LogP contribution < -0.4 is 5.32 Å². The zero-order valence-electron chi connectivity index (χ0n) is 15.5. The largest absolute Gasteiger partial charge is 0.452 e. The van der Waals surface area contributed by atoms with Crippen molar-refractivity contribution < 1.29 is 14.3 Å². The highest BCUT2D eigenvalue weighted by molar-refractivity contribution is 5.96. The third kappa shape index (κ3) is 5.18. The van der Waals surface area contributed by atoms with Crippen LogP contribution in [0.3, 0.4) is 0 Å². The van der Waals surface area contributed by atoms with Crippen LogP contribution in [0.25, 0.3) is 0 Å². The molecule has 0 aliphatic carbocycles. The van der Waals surface area contributed by atoms with E-state index in [1.807, 2.05) is 44.2 Å². The van der Waals surface area contributed by atoms with Gasteiger partial charge in [-0.25, -0.2) is 4.79 Å². The maximum atomic E-state index is 12.1. The van der Waals surface area contributed by atoms with Crippen molar-refractivity contribution in [1.29, 1.82) is 0 Å². The number of benzene rings is 2. The van der Waals surface area contributed by atoms with E-state index in [1.54, 1.807) is 12.1 Å². The molecule has 0 bridgehead atoms. The molecule has 0 aromatic heterocycles. The molecular weight excluding hydrogens is 314 g/mol. The van der Waals surface area contributed by atoms with Crippen LogP contribution in [-0.4, -0.2) is 18.5 Å². The molecule has 25 heavy (non-hydrogen) atoms. The lowest BCUT2D eigenvalue weighted by atomic mass is 9.87. The lowest BCUT2D eigenvalue weighted by molar-refractivity contribution is -0.119. The Kier molecular flexibility index (Phi) is 5.62. The van der Waals surface area contributed by atoms with E-state index in [1.165, 1.54) is 0 Å². The number of hydrogen-bond donors (Lipinski definition) is 1. The summed E-state index contributed by atoms with van der Waals surface area (Å²) in [6.07, 6.45) is 0. The van der Waals surface area contributed by atoms with Crippen LogP contribution in [0, 0.1) is 13.8 Å². The van der Waals surface area contributed by atoms with Crippen molar-refractivity contribution in [2.24, 2.45) is 0 Å². The van der Waals surface area contributed by atoms with Gasteiger partial charge in [-0.05, 0) is 54.2 Å². The first-order valence-corrected chi connectivity index (χ1v) is 8.31. The zero-order chi connectivity index (χ0) is 18.6. The number of rotatable bonds is 4. The van der Waals surface area contributed by atoms with Gasteiger partial charge in [-0.1, -0.05) is 45.0 Å².